The van der Waals surface area contributed by atoms with Crippen LogP contribution < -0.4 is 5.32 Å². The highest BCUT2D eigenvalue weighted by Gasteiger charge is 2.20. The number of nitrogens with one attached hydrogen (secondary N) is 1. The molecular formula is C18H12ClN3OS. The fourth-order valence-electron chi connectivity index (χ4n) is 2.59. The van der Waals surface area contributed by atoms with Crippen molar-refractivity contribution in [1.82, 2.24) is 4.98 Å². The van der Waals surface area contributed by atoms with E-state index < -0.39 is 0 Å². The number of carbonyl (C=O) groups excluding carboxylic acids is 1. The number of hydrogen-bond donors (Lipinski definition) is 1. The molecular weight excluding hydrogens is 342 g/mol. The van der Waals surface area contributed by atoms with E-state index in [0.717, 1.165) is 21.8 Å². The molecule has 3 heterocycles. The predicted molar refractivity (Wildman–Crippen MR) is 98.4 cm³/mol. The summed E-state index contributed by atoms with van der Waals surface area (Å²) in [6, 6.07) is 13.3. The van der Waals surface area contributed by atoms with Crippen molar-refractivity contribution in [2.75, 3.05) is 5.32 Å². The zero-order valence-corrected chi connectivity index (χ0v) is 14.1. The summed E-state index contributed by atoms with van der Waals surface area (Å²) in [5, 5.41) is 5.45. The monoisotopic (exact) mass is 353 g/mol. The molecule has 0 spiro atoms. The number of fused-ring (bicyclic) bond motifs is 1. The van der Waals surface area contributed by atoms with Crippen molar-refractivity contribution in [2.45, 2.75) is 6.42 Å². The lowest BCUT2D eigenvalue weighted by Gasteiger charge is -2.07. The Hall–Kier alpha value is -2.50. The topological polar surface area (TPSA) is 54.4 Å². The summed E-state index contributed by atoms with van der Waals surface area (Å²) in [6.07, 6.45) is 1.95. The molecule has 3 aromatic rings. The second kappa shape index (κ2) is 6.19. The number of anilines is 1. The van der Waals surface area contributed by atoms with Crippen LogP contribution in [0.25, 0.3) is 11.3 Å². The minimum Gasteiger partial charge on any atom is -0.324 e. The second-order valence-corrected chi connectivity index (χ2v) is 6.65. The summed E-state index contributed by atoms with van der Waals surface area (Å²) in [5.41, 5.74) is 3.88. The first-order valence-electron chi connectivity index (χ1n) is 7.37. The summed E-state index contributed by atoms with van der Waals surface area (Å²) in [7, 11) is 0. The summed E-state index contributed by atoms with van der Waals surface area (Å²) < 4.78 is 0. The number of nitrogens with zero attached hydrogens (tertiary/aromatic N) is 2. The van der Waals surface area contributed by atoms with Gasteiger partial charge in [-0.25, -0.2) is 4.99 Å². The van der Waals surface area contributed by atoms with Gasteiger partial charge in [0.15, 0.2) is 0 Å². The van der Waals surface area contributed by atoms with Gasteiger partial charge in [0.05, 0.1) is 39.1 Å². The normalized spacial score (nSPS) is 13.7. The smallest absolute Gasteiger partial charge is 0.230 e. The summed E-state index contributed by atoms with van der Waals surface area (Å²) >= 11 is 7.69. The molecule has 1 aromatic carbocycles. The van der Waals surface area contributed by atoms with Crippen LogP contribution in [-0.2, 0) is 4.79 Å². The molecule has 6 heteroatoms. The van der Waals surface area contributed by atoms with Crippen LogP contribution in [0.5, 0.6) is 0 Å². The van der Waals surface area contributed by atoms with Crippen LogP contribution in [0.3, 0.4) is 0 Å². The van der Waals surface area contributed by atoms with Gasteiger partial charge in [-0.05, 0) is 35.7 Å². The highest BCUT2D eigenvalue weighted by Crippen LogP contribution is 2.34. The largest absolute Gasteiger partial charge is 0.324 e. The van der Waals surface area contributed by atoms with Crippen LogP contribution in [0.2, 0.25) is 5.02 Å². The Morgan fingerprint density at radius 2 is 2.08 bits per heavy atom. The Morgan fingerprint density at radius 1 is 1.17 bits per heavy atom. The molecule has 4 nitrogen and oxygen atoms in total. The highest BCUT2D eigenvalue weighted by molar-refractivity contribution is 7.13. The van der Waals surface area contributed by atoms with Crippen molar-refractivity contribution >= 4 is 45.9 Å². The molecule has 1 N–H and O–H groups in total. The second-order valence-electron chi connectivity index (χ2n) is 5.33. The van der Waals surface area contributed by atoms with E-state index >= 15 is 0 Å². The van der Waals surface area contributed by atoms with Gasteiger partial charge in [0, 0.05) is 11.8 Å². The van der Waals surface area contributed by atoms with E-state index in [1.54, 1.807) is 6.20 Å². The Bertz CT molecular complexity index is 950. The number of aliphatic imine (C=N–C) groups is 1. The number of pyridine rings is 1. The van der Waals surface area contributed by atoms with Crippen molar-refractivity contribution in [3.8, 4) is 11.3 Å². The third-order valence-corrected chi connectivity index (χ3v) is 5.08. The van der Waals surface area contributed by atoms with Gasteiger partial charge in [-0.1, -0.05) is 23.7 Å². The number of carbonyl (C=O) groups is 1. The molecule has 0 saturated carbocycles. The van der Waals surface area contributed by atoms with Crippen molar-refractivity contribution in [3.63, 3.8) is 0 Å². The first-order chi connectivity index (χ1) is 11.7. The standard InChI is InChI=1S/C18H12ClN3OS/c19-12-6-8-24-18(12)16-10-17(23)22-15-9-11(4-5-14(15)21-16)13-3-1-2-7-20-13/h1-9H,10H2,(H,22,23). The lowest BCUT2D eigenvalue weighted by atomic mass is 10.1. The molecule has 0 atom stereocenters. The van der Waals surface area contributed by atoms with Crippen LogP contribution in [0.1, 0.15) is 11.3 Å². The third kappa shape index (κ3) is 2.84. The van der Waals surface area contributed by atoms with Gasteiger partial charge in [-0.2, -0.15) is 0 Å². The van der Waals surface area contributed by atoms with Crippen molar-refractivity contribution in [2.24, 2.45) is 4.99 Å². The molecule has 4 rings (SSSR count). The fourth-order valence-corrected chi connectivity index (χ4v) is 3.74. The lowest BCUT2D eigenvalue weighted by molar-refractivity contribution is -0.115. The number of halogens is 1. The molecule has 0 aliphatic carbocycles. The van der Waals surface area contributed by atoms with Gasteiger partial charge in [-0.3, -0.25) is 9.78 Å². The zero-order chi connectivity index (χ0) is 16.5. The van der Waals surface area contributed by atoms with E-state index in [4.69, 9.17) is 11.6 Å². The maximum Gasteiger partial charge on any atom is 0.230 e. The number of amides is 1. The molecule has 0 unspecified atom stereocenters. The number of thiophene rings is 1. The Labute approximate surface area is 147 Å². The fraction of sp³-hybridized carbons (Fsp3) is 0.0556. The van der Waals surface area contributed by atoms with Crippen LogP contribution in [0.15, 0.2) is 59.0 Å². The summed E-state index contributed by atoms with van der Waals surface area (Å²) in [6.45, 7) is 0. The maximum absolute atomic E-state index is 12.3. The van der Waals surface area contributed by atoms with Crippen molar-refractivity contribution in [1.29, 1.82) is 0 Å². The van der Waals surface area contributed by atoms with Gasteiger partial charge in [0.25, 0.3) is 0 Å². The first-order valence-corrected chi connectivity index (χ1v) is 8.63. The van der Waals surface area contributed by atoms with Crippen LogP contribution in [-0.4, -0.2) is 16.6 Å². The Morgan fingerprint density at radius 3 is 2.83 bits per heavy atom. The van der Waals surface area contributed by atoms with E-state index in [1.807, 2.05) is 47.8 Å². The SMILES string of the molecule is O=C1CC(c2sccc2Cl)=Nc2ccc(-c3ccccn3)cc2N1. The van der Waals surface area contributed by atoms with E-state index in [2.05, 4.69) is 15.3 Å². The Balaban J connectivity index is 1.80. The summed E-state index contributed by atoms with van der Waals surface area (Å²) in [4.78, 5) is 22.1. The van der Waals surface area contributed by atoms with Crippen molar-refractivity contribution < 1.29 is 4.79 Å². The van der Waals surface area contributed by atoms with E-state index in [0.29, 0.717) is 16.4 Å². The van der Waals surface area contributed by atoms with Gasteiger partial charge < -0.3 is 5.32 Å². The maximum atomic E-state index is 12.3. The molecule has 1 aliphatic heterocycles. The minimum atomic E-state index is -0.102. The van der Waals surface area contributed by atoms with Crippen LogP contribution >= 0.6 is 22.9 Å². The first kappa shape index (κ1) is 15.1. The van der Waals surface area contributed by atoms with E-state index in [-0.39, 0.29) is 12.3 Å². The van der Waals surface area contributed by atoms with Gasteiger partial charge in [-0.15, -0.1) is 11.3 Å². The number of rotatable bonds is 2. The van der Waals surface area contributed by atoms with E-state index in [1.165, 1.54) is 11.3 Å². The van der Waals surface area contributed by atoms with Crippen LogP contribution in [0.4, 0.5) is 11.4 Å². The zero-order valence-electron chi connectivity index (χ0n) is 12.5. The molecule has 0 radical (unpaired) electrons. The van der Waals surface area contributed by atoms with Gasteiger partial charge in [0.2, 0.25) is 5.91 Å². The molecule has 0 saturated heterocycles. The Kier molecular flexibility index (Phi) is 3.88. The predicted octanol–water partition coefficient (Wildman–Crippen LogP) is 4.93. The number of benzene rings is 1. The number of hydrogen-bond acceptors (Lipinski definition) is 4. The molecule has 2 aromatic heterocycles. The number of aromatic nitrogens is 1. The average molecular weight is 354 g/mol. The molecule has 0 bridgehead atoms. The summed E-state index contributed by atoms with van der Waals surface area (Å²) in [5.74, 6) is -0.102. The molecule has 1 aliphatic rings. The lowest BCUT2D eigenvalue weighted by Crippen LogP contribution is -2.14. The molecule has 118 valence electrons. The molecule has 24 heavy (non-hydrogen) atoms. The average Bonchev–Trinajstić information content (AvgIpc) is 2.94. The van der Waals surface area contributed by atoms with Crippen molar-refractivity contribution in [3.05, 3.63) is 63.9 Å². The van der Waals surface area contributed by atoms with Gasteiger partial charge in [0.1, 0.15) is 0 Å². The van der Waals surface area contributed by atoms with Crippen LogP contribution in [0, 0.1) is 0 Å². The molecule has 0 fully saturated rings. The third-order valence-electron chi connectivity index (χ3n) is 3.69. The molecule has 1 amide bonds. The minimum absolute atomic E-state index is 0.102. The van der Waals surface area contributed by atoms with Gasteiger partial charge >= 0.3 is 0 Å². The van der Waals surface area contributed by atoms with E-state index in [9.17, 15) is 4.79 Å². The highest BCUT2D eigenvalue weighted by atomic mass is 35.5. The quantitative estimate of drug-likeness (QED) is 0.710.